The minimum absolute atomic E-state index is 0.0468. The minimum Gasteiger partial charge on any atom is -0.370 e. The molecule has 1 aromatic heterocycles. The van der Waals surface area contributed by atoms with E-state index in [9.17, 15) is 13.2 Å². The number of ether oxygens (including phenoxy) is 1. The van der Waals surface area contributed by atoms with Crippen molar-refractivity contribution in [3.63, 3.8) is 0 Å². The summed E-state index contributed by atoms with van der Waals surface area (Å²) < 4.78 is 40.3. The fourth-order valence-corrected chi connectivity index (χ4v) is 1.11. The molecule has 0 radical (unpaired) electrons. The summed E-state index contributed by atoms with van der Waals surface area (Å²) in [5.74, 6) is 0.371. The highest BCUT2D eigenvalue weighted by molar-refractivity contribution is 14.1. The molecule has 0 saturated carbocycles. The third-order valence-corrected chi connectivity index (χ3v) is 1.97. The molecule has 0 fully saturated rings. The first-order chi connectivity index (χ1) is 7.47. The van der Waals surface area contributed by atoms with E-state index in [-0.39, 0.29) is 13.2 Å². The van der Waals surface area contributed by atoms with E-state index in [4.69, 9.17) is 0 Å². The standard InChI is InChI=1S/C8H9F3IN3O/c9-8(10,11)5-16-2-1-13-7-14-3-6(12)4-15-7/h3-4H,1-2,5H2,(H,13,14,15). The van der Waals surface area contributed by atoms with Gasteiger partial charge in [-0.2, -0.15) is 13.2 Å². The Morgan fingerprint density at radius 3 is 2.50 bits per heavy atom. The van der Waals surface area contributed by atoms with Crippen LogP contribution >= 0.6 is 22.6 Å². The Morgan fingerprint density at radius 2 is 1.94 bits per heavy atom. The molecule has 0 spiro atoms. The van der Waals surface area contributed by atoms with E-state index < -0.39 is 12.8 Å². The van der Waals surface area contributed by atoms with Crippen molar-refractivity contribution in [3.8, 4) is 0 Å². The molecule has 1 rings (SSSR count). The van der Waals surface area contributed by atoms with Crippen LogP contribution in [0.15, 0.2) is 12.4 Å². The van der Waals surface area contributed by atoms with Gasteiger partial charge in [0.1, 0.15) is 6.61 Å². The average Bonchev–Trinajstić information content (AvgIpc) is 2.19. The van der Waals surface area contributed by atoms with E-state index >= 15 is 0 Å². The average molecular weight is 347 g/mol. The highest BCUT2D eigenvalue weighted by atomic mass is 127. The topological polar surface area (TPSA) is 47.0 Å². The SMILES string of the molecule is FC(F)(F)COCCNc1ncc(I)cn1. The number of anilines is 1. The van der Waals surface area contributed by atoms with Gasteiger partial charge in [0.25, 0.3) is 0 Å². The summed E-state index contributed by atoms with van der Waals surface area (Å²) in [6.07, 6.45) is -1.07. The molecule has 90 valence electrons. The van der Waals surface area contributed by atoms with Crippen LogP contribution in [0.3, 0.4) is 0 Å². The Morgan fingerprint density at radius 1 is 1.31 bits per heavy atom. The van der Waals surface area contributed by atoms with Gasteiger partial charge in [-0.25, -0.2) is 9.97 Å². The van der Waals surface area contributed by atoms with Gasteiger partial charge >= 0.3 is 6.18 Å². The monoisotopic (exact) mass is 347 g/mol. The summed E-state index contributed by atoms with van der Waals surface area (Å²) in [7, 11) is 0. The van der Waals surface area contributed by atoms with E-state index in [1.807, 2.05) is 0 Å². The summed E-state index contributed by atoms with van der Waals surface area (Å²) in [4.78, 5) is 7.83. The van der Waals surface area contributed by atoms with Crippen LogP contribution in [-0.4, -0.2) is 35.9 Å². The molecule has 0 unspecified atom stereocenters. The lowest BCUT2D eigenvalue weighted by Gasteiger charge is -2.08. The van der Waals surface area contributed by atoms with Gasteiger partial charge in [-0.05, 0) is 22.6 Å². The number of rotatable bonds is 5. The molecule has 0 amide bonds. The molecule has 0 atom stereocenters. The van der Waals surface area contributed by atoms with Crippen molar-refractivity contribution in [3.05, 3.63) is 16.0 Å². The number of alkyl halides is 3. The third kappa shape index (κ3) is 6.05. The van der Waals surface area contributed by atoms with Crippen molar-refractivity contribution >= 4 is 28.5 Å². The maximum absolute atomic E-state index is 11.7. The number of hydrogen-bond acceptors (Lipinski definition) is 4. The number of hydrogen-bond donors (Lipinski definition) is 1. The molecule has 0 saturated heterocycles. The lowest BCUT2D eigenvalue weighted by Crippen LogP contribution is -2.20. The van der Waals surface area contributed by atoms with Crippen LogP contribution < -0.4 is 5.32 Å². The lowest BCUT2D eigenvalue weighted by molar-refractivity contribution is -0.172. The Labute approximate surface area is 104 Å². The Balaban J connectivity index is 2.14. The molecular weight excluding hydrogens is 338 g/mol. The summed E-state index contributed by atoms with van der Waals surface area (Å²) in [5.41, 5.74) is 0. The normalized spacial score (nSPS) is 11.5. The number of nitrogens with one attached hydrogen (secondary N) is 1. The van der Waals surface area contributed by atoms with Gasteiger partial charge in [0, 0.05) is 22.5 Å². The van der Waals surface area contributed by atoms with Gasteiger partial charge in [-0.15, -0.1) is 0 Å². The second-order valence-electron chi connectivity index (χ2n) is 2.82. The molecule has 16 heavy (non-hydrogen) atoms. The molecule has 4 nitrogen and oxygen atoms in total. The van der Waals surface area contributed by atoms with E-state index in [1.165, 1.54) is 0 Å². The zero-order valence-corrected chi connectivity index (χ0v) is 10.2. The maximum atomic E-state index is 11.7. The van der Waals surface area contributed by atoms with Gasteiger partial charge in [0.15, 0.2) is 0 Å². The molecule has 1 N–H and O–H groups in total. The summed E-state index contributed by atoms with van der Waals surface area (Å²) in [6, 6.07) is 0. The van der Waals surface area contributed by atoms with Crippen LogP contribution in [0.1, 0.15) is 0 Å². The molecule has 0 aromatic carbocycles. The zero-order valence-electron chi connectivity index (χ0n) is 8.09. The fraction of sp³-hybridized carbons (Fsp3) is 0.500. The molecule has 8 heteroatoms. The molecule has 1 heterocycles. The van der Waals surface area contributed by atoms with Gasteiger partial charge in [0.2, 0.25) is 5.95 Å². The first-order valence-electron chi connectivity index (χ1n) is 4.33. The Bertz CT molecular complexity index is 317. The van der Waals surface area contributed by atoms with E-state index in [2.05, 4.69) is 42.6 Å². The molecule has 0 bridgehead atoms. The van der Waals surface area contributed by atoms with Crippen molar-refractivity contribution in [2.24, 2.45) is 0 Å². The highest BCUT2D eigenvalue weighted by Crippen LogP contribution is 2.14. The van der Waals surface area contributed by atoms with Crippen LogP contribution in [0, 0.1) is 3.57 Å². The van der Waals surface area contributed by atoms with E-state index in [1.54, 1.807) is 12.4 Å². The Kier molecular flexibility index (Phi) is 5.19. The quantitative estimate of drug-likeness (QED) is 0.655. The van der Waals surface area contributed by atoms with Crippen molar-refractivity contribution in [2.45, 2.75) is 6.18 Å². The molecule has 0 aliphatic heterocycles. The number of nitrogens with zero attached hydrogens (tertiary/aromatic N) is 2. The smallest absolute Gasteiger partial charge is 0.370 e. The largest absolute Gasteiger partial charge is 0.411 e. The van der Waals surface area contributed by atoms with E-state index in [0.717, 1.165) is 3.57 Å². The second-order valence-corrected chi connectivity index (χ2v) is 4.07. The van der Waals surface area contributed by atoms with Gasteiger partial charge in [-0.1, -0.05) is 0 Å². The van der Waals surface area contributed by atoms with Crippen molar-refractivity contribution in [1.29, 1.82) is 0 Å². The first kappa shape index (κ1) is 13.4. The lowest BCUT2D eigenvalue weighted by atomic mass is 10.6. The second kappa shape index (κ2) is 6.18. The van der Waals surface area contributed by atoms with Crippen LogP contribution in [-0.2, 0) is 4.74 Å². The number of aromatic nitrogens is 2. The molecule has 0 aliphatic carbocycles. The minimum atomic E-state index is -4.28. The van der Waals surface area contributed by atoms with Crippen LogP contribution in [0.25, 0.3) is 0 Å². The fourth-order valence-electron chi connectivity index (χ4n) is 0.826. The van der Waals surface area contributed by atoms with Crippen molar-refractivity contribution < 1.29 is 17.9 Å². The molecule has 0 aliphatic rings. The molecular formula is C8H9F3IN3O. The predicted octanol–water partition coefficient (Wildman–Crippen LogP) is 2.07. The van der Waals surface area contributed by atoms with Crippen LogP contribution in [0.2, 0.25) is 0 Å². The first-order valence-corrected chi connectivity index (χ1v) is 5.41. The summed E-state index contributed by atoms with van der Waals surface area (Å²) >= 11 is 2.05. The third-order valence-electron chi connectivity index (χ3n) is 1.42. The van der Waals surface area contributed by atoms with Gasteiger partial charge < -0.3 is 10.1 Å². The van der Waals surface area contributed by atoms with Crippen LogP contribution in [0.4, 0.5) is 19.1 Å². The van der Waals surface area contributed by atoms with E-state index in [0.29, 0.717) is 5.95 Å². The van der Waals surface area contributed by atoms with Crippen molar-refractivity contribution in [2.75, 3.05) is 25.1 Å². The summed E-state index contributed by atoms with van der Waals surface area (Å²) in [5, 5.41) is 2.74. The van der Waals surface area contributed by atoms with Crippen molar-refractivity contribution in [1.82, 2.24) is 9.97 Å². The summed E-state index contributed by atoms with van der Waals surface area (Å²) in [6.45, 7) is -1.05. The highest BCUT2D eigenvalue weighted by Gasteiger charge is 2.27. The predicted molar refractivity (Wildman–Crippen MR) is 60.1 cm³/mol. The maximum Gasteiger partial charge on any atom is 0.411 e. The van der Waals surface area contributed by atoms with Gasteiger partial charge in [0.05, 0.1) is 6.61 Å². The van der Waals surface area contributed by atoms with Gasteiger partial charge in [-0.3, -0.25) is 0 Å². The Hall–Kier alpha value is -0.640. The zero-order chi connectivity index (χ0) is 12.0. The number of halogens is 4. The van der Waals surface area contributed by atoms with Crippen LogP contribution in [0.5, 0.6) is 0 Å². The molecule has 1 aromatic rings.